The van der Waals surface area contributed by atoms with Crippen molar-refractivity contribution in [3.05, 3.63) is 64.3 Å². The Balaban J connectivity index is 0.000000309. The Morgan fingerprint density at radius 2 is 1.02 bits per heavy atom. The number of hydrogen-bond acceptors (Lipinski definition) is 10. The van der Waals surface area contributed by atoms with Gasteiger partial charge in [0.15, 0.2) is 5.15 Å². The van der Waals surface area contributed by atoms with E-state index >= 15 is 0 Å². The molecule has 4 rings (SSSR count). The van der Waals surface area contributed by atoms with Crippen molar-refractivity contribution in [2.75, 3.05) is 28.4 Å². The summed E-state index contributed by atoms with van der Waals surface area (Å²) in [6, 6.07) is 11.5. The van der Waals surface area contributed by atoms with Crippen molar-refractivity contribution in [2.24, 2.45) is 0 Å². The van der Waals surface area contributed by atoms with E-state index in [0.29, 0.717) is 21.4 Å². The zero-order chi connectivity index (χ0) is 36.7. The number of aromatic nitrogens is 4. The van der Waals surface area contributed by atoms with E-state index in [1.807, 2.05) is 64.1 Å². The van der Waals surface area contributed by atoms with Gasteiger partial charge in [0.2, 0.25) is 0 Å². The molecule has 0 aliphatic carbocycles. The summed E-state index contributed by atoms with van der Waals surface area (Å²) in [5, 5.41) is 2.53. The summed E-state index contributed by atoms with van der Waals surface area (Å²) in [4.78, 5) is 19.0. The van der Waals surface area contributed by atoms with Crippen LogP contribution in [0.2, 0.25) is 5.15 Å². The highest BCUT2D eigenvalue weighted by Crippen LogP contribution is 2.37. The van der Waals surface area contributed by atoms with E-state index in [2.05, 4.69) is 50.3 Å². The van der Waals surface area contributed by atoms with Gasteiger partial charge in [-0.05, 0) is 55.2 Å². The first kappa shape index (κ1) is 42.0. The van der Waals surface area contributed by atoms with Crippen LogP contribution in [0.15, 0.2) is 41.4 Å². The Bertz CT molecular complexity index is 1630. The van der Waals surface area contributed by atoms with Gasteiger partial charge in [0.1, 0.15) is 28.0 Å². The zero-order valence-corrected chi connectivity index (χ0v) is 33.6. The number of nitrogens with zero attached hydrogens (tertiary/aromatic N) is 4. The van der Waals surface area contributed by atoms with Crippen LogP contribution in [-0.2, 0) is 25.7 Å². The maximum Gasteiger partial charge on any atom is 0.150 e. The lowest BCUT2D eigenvalue weighted by atomic mass is 10.1. The van der Waals surface area contributed by atoms with Crippen LogP contribution >= 0.6 is 36.0 Å². The number of halogens is 1. The average molecular weight is 729 g/mol. The van der Waals surface area contributed by atoms with Gasteiger partial charge in [0, 0.05) is 28.5 Å². The Labute approximate surface area is 308 Å². The normalized spacial score (nSPS) is 10.6. The monoisotopic (exact) mass is 728 g/mol. The molecule has 0 fully saturated rings. The molecule has 0 radical (unpaired) electrons. The summed E-state index contributed by atoms with van der Waals surface area (Å²) in [6.45, 7) is 16.7. The second-order valence-electron chi connectivity index (χ2n) is 11.3. The molecule has 0 atom stereocenters. The van der Waals surface area contributed by atoms with Gasteiger partial charge in [-0.1, -0.05) is 67.0 Å². The molecule has 0 saturated heterocycles. The predicted octanol–water partition coefficient (Wildman–Crippen LogP) is 10.0. The molecule has 0 unspecified atom stereocenters. The highest BCUT2D eigenvalue weighted by Gasteiger charge is 2.19. The van der Waals surface area contributed by atoms with Gasteiger partial charge in [0.05, 0.1) is 62.6 Å². The molecule has 0 bridgehead atoms. The molecule has 4 aromatic rings. The van der Waals surface area contributed by atoms with E-state index in [-0.39, 0.29) is 0 Å². The molecule has 268 valence electrons. The Morgan fingerprint density at radius 1 is 0.612 bits per heavy atom. The van der Waals surface area contributed by atoms with Crippen LogP contribution in [0, 0.1) is 0 Å². The quantitative estimate of drug-likeness (QED) is 0.113. The maximum atomic E-state index is 6.16. The van der Waals surface area contributed by atoms with Crippen LogP contribution in [0.1, 0.15) is 78.2 Å². The number of aryl methyl sites for hydroxylation is 4. The maximum absolute atomic E-state index is 6.16. The Morgan fingerprint density at radius 3 is 1.39 bits per heavy atom. The molecule has 0 saturated carbocycles. The van der Waals surface area contributed by atoms with Gasteiger partial charge in [-0.15, -0.1) is 11.8 Å². The van der Waals surface area contributed by atoms with Crippen LogP contribution in [0.5, 0.6) is 23.0 Å². The Hall–Kier alpha value is -3.21. The third kappa shape index (κ3) is 12.0. The molecule has 2 aromatic heterocycles. The van der Waals surface area contributed by atoms with Crippen molar-refractivity contribution >= 4 is 36.0 Å². The van der Waals surface area contributed by atoms with Crippen LogP contribution in [-0.4, -0.2) is 58.9 Å². The minimum Gasteiger partial charge on any atom is -0.497 e. The number of benzene rings is 2. The molecule has 0 amide bonds. The van der Waals surface area contributed by atoms with Crippen molar-refractivity contribution in [3.8, 4) is 45.5 Å². The summed E-state index contributed by atoms with van der Waals surface area (Å²) < 4.78 is 21.5. The van der Waals surface area contributed by atoms with E-state index in [1.165, 1.54) is 0 Å². The summed E-state index contributed by atoms with van der Waals surface area (Å²) in [5.74, 6) is 2.97. The number of thioether (sulfide) groups is 1. The summed E-state index contributed by atoms with van der Waals surface area (Å²) >= 11 is 11.9. The molecule has 0 N–H and O–H groups in total. The second kappa shape index (κ2) is 21.1. The van der Waals surface area contributed by atoms with Crippen molar-refractivity contribution < 1.29 is 18.9 Å². The SMILES string of the molecule is CC(C)S.CCc1nc(-c2ccc(OC)cc2OC)c(CC)nc1Cl.CCc1nc(-c2ccc(OC)cc2OC)c(CC)nc1SC(C)C. The lowest BCUT2D eigenvalue weighted by Gasteiger charge is -2.16. The van der Waals surface area contributed by atoms with Gasteiger partial charge in [-0.3, -0.25) is 0 Å². The fourth-order valence-corrected chi connectivity index (χ4v) is 5.87. The molecule has 2 aromatic carbocycles. The summed E-state index contributed by atoms with van der Waals surface area (Å²) in [5.41, 5.74) is 7.27. The van der Waals surface area contributed by atoms with E-state index in [4.69, 9.17) is 40.5 Å². The second-order valence-corrected chi connectivity index (χ2v) is 14.3. The lowest BCUT2D eigenvalue weighted by molar-refractivity contribution is 0.395. The van der Waals surface area contributed by atoms with E-state index in [1.54, 1.807) is 40.2 Å². The highest BCUT2D eigenvalue weighted by atomic mass is 35.5. The number of rotatable bonds is 12. The fraction of sp³-hybridized carbons (Fsp3) is 0.474. The zero-order valence-electron chi connectivity index (χ0n) is 31.1. The molecular formula is C38H53ClN4O4S2. The molecular weight excluding hydrogens is 676 g/mol. The minimum absolute atomic E-state index is 0.477. The van der Waals surface area contributed by atoms with E-state index in [0.717, 1.165) is 93.2 Å². The fourth-order valence-electron chi connectivity index (χ4n) is 4.65. The minimum atomic E-state index is 0.477. The van der Waals surface area contributed by atoms with Crippen molar-refractivity contribution in [1.82, 2.24) is 19.9 Å². The van der Waals surface area contributed by atoms with Gasteiger partial charge >= 0.3 is 0 Å². The predicted molar refractivity (Wildman–Crippen MR) is 209 cm³/mol. The molecule has 49 heavy (non-hydrogen) atoms. The first-order valence-electron chi connectivity index (χ1n) is 16.7. The number of methoxy groups -OCH3 is 4. The topological polar surface area (TPSA) is 88.5 Å². The molecule has 2 heterocycles. The smallest absolute Gasteiger partial charge is 0.150 e. The van der Waals surface area contributed by atoms with Gasteiger partial charge in [-0.2, -0.15) is 12.6 Å². The third-order valence-electron chi connectivity index (χ3n) is 7.01. The van der Waals surface area contributed by atoms with E-state index in [9.17, 15) is 0 Å². The van der Waals surface area contributed by atoms with Crippen molar-refractivity contribution in [3.63, 3.8) is 0 Å². The van der Waals surface area contributed by atoms with Crippen molar-refractivity contribution in [1.29, 1.82) is 0 Å². The van der Waals surface area contributed by atoms with Gasteiger partial charge < -0.3 is 18.9 Å². The third-order valence-corrected chi connectivity index (χ3v) is 8.33. The van der Waals surface area contributed by atoms with Crippen LogP contribution < -0.4 is 18.9 Å². The number of thiol groups is 1. The summed E-state index contributed by atoms with van der Waals surface area (Å²) in [7, 11) is 6.58. The van der Waals surface area contributed by atoms with Gasteiger partial charge in [-0.25, -0.2) is 19.9 Å². The van der Waals surface area contributed by atoms with Crippen LogP contribution in [0.25, 0.3) is 22.5 Å². The molecule has 11 heteroatoms. The Kier molecular flexibility index (Phi) is 18.1. The molecule has 0 aliphatic heterocycles. The summed E-state index contributed by atoms with van der Waals surface area (Å²) in [6.07, 6.45) is 3.17. The largest absolute Gasteiger partial charge is 0.497 e. The van der Waals surface area contributed by atoms with Gasteiger partial charge in [0.25, 0.3) is 0 Å². The lowest BCUT2D eigenvalue weighted by Crippen LogP contribution is -2.06. The van der Waals surface area contributed by atoms with Crippen LogP contribution in [0.3, 0.4) is 0 Å². The molecule has 0 spiro atoms. The molecule has 8 nitrogen and oxygen atoms in total. The standard InChI is InChI=1S/C19H26N2O2S.C16H19ClN2O2.C3H8S/c1-7-15-18(14-10-9-13(22-5)11-17(14)23-6)20-16(8-2)19(21-15)24-12(3)4;1-5-12-15(18-13(6-2)16(17)19-12)11-8-7-10(20-3)9-14(11)21-4;1-3(2)4/h9-12H,7-8H2,1-6H3;7-9H,5-6H2,1-4H3;3-4H,1-2H3. The number of ether oxygens (including phenoxy) is 4. The molecule has 0 aliphatic rings. The number of hydrogen-bond donors (Lipinski definition) is 1. The first-order valence-corrected chi connectivity index (χ1v) is 18.4. The highest BCUT2D eigenvalue weighted by molar-refractivity contribution is 7.99. The van der Waals surface area contributed by atoms with E-state index < -0.39 is 0 Å². The van der Waals surface area contributed by atoms with Crippen molar-refractivity contribution in [2.45, 2.75) is 96.6 Å². The first-order chi connectivity index (χ1) is 23.4. The van der Waals surface area contributed by atoms with Crippen LogP contribution in [0.4, 0.5) is 0 Å². The average Bonchev–Trinajstić information content (AvgIpc) is 3.10.